The zero-order chi connectivity index (χ0) is 16.8. The highest BCUT2D eigenvalue weighted by Gasteiger charge is 2.23. The fraction of sp³-hybridized carbons (Fsp3) is 0.438. The highest BCUT2D eigenvalue weighted by molar-refractivity contribution is 5.94. The van der Waals surface area contributed by atoms with Crippen LogP contribution in [0.2, 0.25) is 0 Å². The van der Waals surface area contributed by atoms with Crippen LogP contribution in [0.3, 0.4) is 0 Å². The van der Waals surface area contributed by atoms with Gasteiger partial charge in [0.05, 0.1) is 25.8 Å². The van der Waals surface area contributed by atoms with Crippen LogP contribution < -0.4 is 10.6 Å². The molecule has 1 aromatic carbocycles. The Kier molecular flexibility index (Phi) is 5.70. The number of nitrogens with one attached hydrogen (secondary N) is 2. The average molecular weight is 319 g/mol. The number of anilines is 1. The van der Waals surface area contributed by atoms with Crippen LogP contribution >= 0.6 is 0 Å². The number of rotatable bonds is 7. The van der Waals surface area contributed by atoms with Crippen LogP contribution in [0.5, 0.6) is 0 Å². The van der Waals surface area contributed by atoms with Gasteiger partial charge in [-0.05, 0) is 44.2 Å². The minimum atomic E-state index is -0.427. The van der Waals surface area contributed by atoms with Gasteiger partial charge in [-0.15, -0.1) is 0 Å². The first-order chi connectivity index (χ1) is 11.0. The van der Waals surface area contributed by atoms with Crippen LogP contribution in [-0.2, 0) is 14.3 Å². The molecule has 0 atom stereocenters. The van der Waals surface area contributed by atoms with Crippen molar-refractivity contribution in [3.05, 3.63) is 29.8 Å². The molecule has 1 aliphatic carbocycles. The zero-order valence-corrected chi connectivity index (χ0v) is 13.3. The monoisotopic (exact) mass is 319 g/mol. The summed E-state index contributed by atoms with van der Waals surface area (Å²) in [6.07, 6.45) is 2.08. The molecule has 0 unspecified atom stereocenters. The van der Waals surface area contributed by atoms with Crippen molar-refractivity contribution in [2.24, 2.45) is 0 Å². The third kappa shape index (κ3) is 5.71. The number of carbonyl (C=O) groups is 3. The molecule has 1 fully saturated rings. The fourth-order valence-corrected chi connectivity index (χ4v) is 2.06. The van der Waals surface area contributed by atoms with Gasteiger partial charge in [0.1, 0.15) is 0 Å². The van der Waals surface area contributed by atoms with Crippen LogP contribution in [0.25, 0.3) is 0 Å². The van der Waals surface area contributed by atoms with E-state index in [0.717, 1.165) is 12.8 Å². The van der Waals surface area contributed by atoms with Crippen molar-refractivity contribution >= 4 is 23.5 Å². The Morgan fingerprint density at radius 3 is 2.30 bits per heavy atom. The number of carbonyl (C=O) groups excluding carboxylic acids is 3. The van der Waals surface area contributed by atoms with Crippen LogP contribution in [-0.4, -0.2) is 56.0 Å². The number of benzene rings is 1. The second-order valence-corrected chi connectivity index (χ2v) is 5.63. The fourth-order valence-electron chi connectivity index (χ4n) is 2.06. The van der Waals surface area contributed by atoms with Crippen LogP contribution in [0, 0.1) is 0 Å². The lowest BCUT2D eigenvalue weighted by Gasteiger charge is -2.16. The summed E-state index contributed by atoms with van der Waals surface area (Å²) in [7, 11) is 3.03. The molecule has 0 aromatic heterocycles. The molecule has 1 aliphatic rings. The van der Waals surface area contributed by atoms with E-state index >= 15 is 0 Å². The van der Waals surface area contributed by atoms with Crippen molar-refractivity contribution in [3.8, 4) is 0 Å². The Morgan fingerprint density at radius 1 is 1.13 bits per heavy atom. The van der Waals surface area contributed by atoms with Gasteiger partial charge in [-0.1, -0.05) is 0 Å². The molecule has 2 rings (SSSR count). The van der Waals surface area contributed by atoms with Gasteiger partial charge >= 0.3 is 5.97 Å². The van der Waals surface area contributed by atoms with Crippen molar-refractivity contribution in [1.82, 2.24) is 10.2 Å². The van der Waals surface area contributed by atoms with Gasteiger partial charge in [0.2, 0.25) is 11.8 Å². The van der Waals surface area contributed by atoms with Crippen LogP contribution in [0.1, 0.15) is 23.2 Å². The molecule has 0 spiro atoms. The largest absolute Gasteiger partial charge is 0.465 e. The van der Waals surface area contributed by atoms with Crippen molar-refractivity contribution in [2.45, 2.75) is 18.9 Å². The molecule has 1 saturated carbocycles. The Hall–Kier alpha value is -2.41. The van der Waals surface area contributed by atoms with Gasteiger partial charge in [0.25, 0.3) is 0 Å². The molecule has 2 amide bonds. The van der Waals surface area contributed by atoms with E-state index in [-0.39, 0.29) is 24.9 Å². The van der Waals surface area contributed by atoms with Gasteiger partial charge in [-0.25, -0.2) is 4.79 Å². The molecule has 2 N–H and O–H groups in total. The number of ether oxygens (including phenoxy) is 1. The Morgan fingerprint density at radius 2 is 1.74 bits per heavy atom. The number of hydrogen-bond donors (Lipinski definition) is 2. The summed E-state index contributed by atoms with van der Waals surface area (Å²) in [5, 5.41) is 5.59. The van der Waals surface area contributed by atoms with Crippen molar-refractivity contribution in [3.63, 3.8) is 0 Å². The number of likely N-dealkylation sites (N-methyl/N-ethyl adjacent to an activating group) is 1. The number of hydrogen-bond acceptors (Lipinski definition) is 5. The number of esters is 1. The summed E-state index contributed by atoms with van der Waals surface area (Å²) >= 11 is 0. The number of methoxy groups -OCH3 is 1. The quantitative estimate of drug-likeness (QED) is 0.720. The van der Waals surface area contributed by atoms with Crippen molar-refractivity contribution in [1.29, 1.82) is 0 Å². The molecule has 0 bridgehead atoms. The van der Waals surface area contributed by atoms with E-state index in [2.05, 4.69) is 15.4 Å². The van der Waals surface area contributed by atoms with Gasteiger partial charge in [-0.2, -0.15) is 0 Å². The predicted molar refractivity (Wildman–Crippen MR) is 85.1 cm³/mol. The maximum absolute atomic E-state index is 11.9. The SMILES string of the molecule is COC(=O)c1ccc(NC(=O)CN(C)CC(=O)NC2CC2)cc1. The molecule has 7 nitrogen and oxygen atoms in total. The third-order valence-electron chi connectivity index (χ3n) is 3.36. The van der Waals surface area contributed by atoms with E-state index in [1.165, 1.54) is 7.11 Å². The highest BCUT2D eigenvalue weighted by atomic mass is 16.5. The van der Waals surface area contributed by atoms with E-state index in [9.17, 15) is 14.4 Å². The first-order valence-corrected chi connectivity index (χ1v) is 7.44. The number of amides is 2. The van der Waals surface area contributed by atoms with Crippen molar-refractivity contribution in [2.75, 3.05) is 32.6 Å². The van der Waals surface area contributed by atoms with Gasteiger partial charge in [-0.3, -0.25) is 14.5 Å². The lowest BCUT2D eigenvalue weighted by molar-refractivity contribution is -0.123. The normalized spacial score (nSPS) is 13.5. The van der Waals surface area contributed by atoms with E-state index in [0.29, 0.717) is 17.3 Å². The van der Waals surface area contributed by atoms with E-state index in [1.807, 2.05) is 0 Å². The third-order valence-corrected chi connectivity index (χ3v) is 3.36. The first kappa shape index (κ1) is 17.0. The zero-order valence-electron chi connectivity index (χ0n) is 13.3. The summed E-state index contributed by atoms with van der Waals surface area (Å²) in [5.41, 5.74) is 0.998. The Balaban J connectivity index is 1.76. The highest BCUT2D eigenvalue weighted by Crippen LogP contribution is 2.18. The standard InChI is InChI=1S/C16H21N3O4/c1-19(10-15(21)18-13-7-8-13)9-14(20)17-12-5-3-11(4-6-12)16(22)23-2/h3-6,13H,7-10H2,1-2H3,(H,17,20)(H,18,21). The molecule has 0 saturated heterocycles. The molecular formula is C16H21N3O4. The number of nitrogens with zero attached hydrogens (tertiary/aromatic N) is 1. The molecule has 0 radical (unpaired) electrons. The average Bonchev–Trinajstić information content (AvgIpc) is 3.30. The lowest BCUT2D eigenvalue weighted by atomic mass is 10.2. The smallest absolute Gasteiger partial charge is 0.337 e. The van der Waals surface area contributed by atoms with Crippen molar-refractivity contribution < 1.29 is 19.1 Å². The molecular weight excluding hydrogens is 298 g/mol. The van der Waals surface area contributed by atoms with Gasteiger partial charge in [0, 0.05) is 11.7 Å². The van der Waals surface area contributed by atoms with E-state index in [1.54, 1.807) is 36.2 Å². The second-order valence-electron chi connectivity index (χ2n) is 5.63. The maximum Gasteiger partial charge on any atom is 0.337 e. The molecule has 23 heavy (non-hydrogen) atoms. The van der Waals surface area contributed by atoms with Crippen LogP contribution in [0.15, 0.2) is 24.3 Å². The van der Waals surface area contributed by atoms with E-state index < -0.39 is 5.97 Å². The minimum absolute atomic E-state index is 0.0646. The minimum Gasteiger partial charge on any atom is -0.465 e. The van der Waals surface area contributed by atoms with Crippen LogP contribution in [0.4, 0.5) is 5.69 Å². The van der Waals surface area contributed by atoms with Gasteiger partial charge in [0.15, 0.2) is 0 Å². The Bertz CT molecular complexity index is 581. The van der Waals surface area contributed by atoms with Gasteiger partial charge < -0.3 is 15.4 Å². The summed E-state index contributed by atoms with van der Waals surface area (Å²) in [5.74, 6) is -0.716. The molecule has 0 heterocycles. The molecule has 1 aromatic rings. The predicted octanol–water partition coefficient (Wildman–Crippen LogP) is 0.622. The summed E-state index contributed by atoms with van der Waals surface area (Å²) in [6.45, 7) is 0.294. The summed E-state index contributed by atoms with van der Waals surface area (Å²) < 4.78 is 4.61. The summed E-state index contributed by atoms with van der Waals surface area (Å²) in [4.78, 5) is 36.6. The summed E-state index contributed by atoms with van der Waals surface area (Å²) in [6, 6.07) is 6.73. The molecule has 124 valence electrons. The first-order valence-electron chi connectivity index (χ1n) is 7.44. The Labute approximate surface area is 135 Å². The topological polar surface area (TPSA) is 87.7 Å². The molecule has 0 aliphatic heterocycles. The second kappa shape index (κ2) is 7.73. The van der Waals surface area contributed by atoms with E-state index in [4.69, 9.17) is 0 Å². The molecule has 7 heteroatoms. The lowest BCUT2D eigenvalue weighted by Crippen LogP contribution is -2.39. The maximum atomic E-state index is 11.9.